The van der Waals surface area contributed by atoms with Crippen molar-refractivity contribution in [2.75, 3.05) is 0 Å². The second-order valence-electron chi connectivity index (χ2n) is 14.5. The molecule has 6 rings (SSSR count). The van der Waals surface area contributed by atoms with Gasteiger partial charge in [-0.15, -0.1) is 11.8 Å². The second kappa shape index (κ2) is 22.2. The first-order valence-corrected chi connectivity index (χ1v) is 22.3. The molecule has 0 N–H and O–H groups in total. The Hall–Kier alpha value is -8.63. The SMILES string of the molecule is C[C@@H]1S[C@H](OP(=O)(OCc2ccccc2)OCc2ccccc2)[C@@H](OC(=O)c2ccc([N+](=O)[O-])cc2[N+](=O)[O-])[C@H](OC(=O)c2ccc([N+](=O)[O-])cc2[N+](=O)[O-])[C@@H]1OC(=O)c1ccc([N+](=O)[O-])cc1[N+](=O)[O-]. The van der Waals surface area contributed by atoms with Crippen LogP contribution in [0.25, 0.3) is 0 Å². The molecule has 0 spiro atoms. The summed E-state index contributed by atoms with van der Waals surface area (Å²) in [7, 11) is -5.05. The van der Waals surface area contributed by atoms with Crippen LogP contribution < -0.4 is 0 Å². The van der Waals surface area contributed by atoms with E-state index in [-0.39, 0.29) is 0 Å². The Morgan fingerprint density at radius 3 is 1.17 bits per heavy atom. The topological polar surface area (TPSA) is 382 Å². The molecule has 1 aliphatic heterocycles. The molecular weight excluding hydrogens is 992 g/mol. The number of esters is 3. The number of non-ortho nitro benzene ring substituents is 3. The fraction of sp³-hybridized carbons (Fsp3) is 0.195. The first-order chi connectivity index (χ1) is 33.7. The van der Waals surface area contributed by atoms with E-state index in [9.17, 15) is 79.6 Å². The van der Waals surface area contributed by atoms with E-state index in [1.807, 2.05) is 0 Å². The first kappa shape index (κ1) is 51.8. The molecule has 0 unspecified atom stereocenters. The van der Waals surface area contributed by atoms with E-state index in [0.29, 0.717) is 77.5 Å². The summed E-state index contributed by atoms with van der Waals surface area (Å²) < 4.78 is 49.5. The van der Waals surface area contributed by atoms with Crippen molar-refractivity contribution in [3.63, 3.8) is 0 Å². The van der Waals surface area contributed by atoms with Crippen molar-refractivity contribution >= 4 is 71.6 Å². The van der Waals surface area contributed by atoms with Gasteiger partial charge in [-0.25, -0.2) is 18.9 Å². The van der Waals surface area contributed by atoms with Crippen LogP contribution in [-0.4, -0.2) is 76.4 Å². The molecule has 0 aromatic heterocycles. The van der Waals surface area contributed by atoms with Gasteiger partial charge in [-0.1, -0.05) is 60.7 Å². The Kier molecular flexibility index (Phi) is 16.2. The molecule has 1 fully saturated rings. The van der Waals surface area contributed by atoms with Gasteiger partial charge in [0.15, 0.2) is 23.7 Å². The second-order valence-corrected chi connectivity index (χ2v) is 17.6. The summed E-state index contributed by atoms with van der Waals surface area (Å²) in [5.74, 6) is -5.11. The number of benzene rings is 5. The van der Waals surface area contributed by atoms with Crippen molar-refractivity contribution in [3.8, 4) is 0 Å². The molecule has 0 radical (unpaired) electrons. The normalized spacial score (nSPS) is 17.5. The van der Waals surface area contributed by atoms with Gasteiger partial charge in [0.1, 0.15) is 16.7 Å². The molecule has 0 bridgehead atoms. The first-order valence-electron chi connectivity index (χ1n) is 19.9. The van der Waals surface area contributed by atoms with Crippen molar-refractivity contribution < 1.29 is 76.3 Å². The molecule has 5 aromatic carbocycles. The minimum absolute atomic E-state index is 0.392. The van der Waals surface area contributed by atoms with Gasteiger partial charge in [0.25, 0.3) is 34.1 Å². The van der Waals surface area contributed by atoms with Crippen LogP contribution in [0.2, 0.25) is 0 Å². The number of carbonyl (C=O) groups excluding carboxylic acids is 3. The Morgan fingerprint density at radius 2 is 0.831 bits per heavy atom. The Balaban J connectivity index is 1.52. The van der Waals surface area contributed by atoms with Crippen LogP contribution in [0.15, 0.2) is 115 Å². The minimum atomic E-state index is -5.05. The van der Waals surface area contributed by atoms with Gasteiger partial charge < -0.3 is 14.2 Å². The molecule has 28 nitrogen and oxygen atoms in total. The number of rotatable bonds is 20. The third-order valence-electron chi connectivity index (χ3n) is 9.98. The van der Waals surface area contributed by atoms with E-state index in [4.69, 9.17) is 27.8 Å². The molecule has 5 aromatic rings. The van der Waals surface area contributed by atoms with Gasteiger partial charge in [-0.3, -0.25) is 74.3 Å². The summed E-state index contributed by atoms with van der Waals surface area (Å²) >= 11 is 0.491. The summed E-state index contributed by atoms with van der Waals surface area (Å²) in [6, 6.07) is 21.2. The van der Waals surface area contributed by atoms with E-state index in [0.717, 1.165) is 0 Å². The van der Waals surface area contributed by atoms with Crippen LogP contribution in [-0.2, 0) is 45.6 Å². The number of ether oxygens (including phenoxy) is 3. The highest BCUT2D eigenvalue weighted by molar-refractivity contribution is 8.00. The quantitative estimate of drug-likeness (QED) is 0.0233. The van der Waals surface area contributed by atoms with Crippen LogP contribution in [0.4, 0.5) is 34.1 Å². The number of thioether (sulfide) groups is 1. The van der Waals surface area contributed by atoms with Crippen LogP contribution >= 0.6 is 19.6 Å². The monoisotopic (exact) mass is 1020 g/mol. The summed E-state index contributed by atoms with van der Waals surface area (Å²) in [6.45, 7) is 0.295. The lowest BCUT2D eigenvalue weighted by molar-refractivity contribution is -0.394. The maximum atomic E-state index is 14.9. The van der Waals surface area contributed by atoms with Crippen molar-refractivity contribution in [1.29, 1.82) is 0 Å². The average molecular weight is 1020 g/mol. The lowest BCUT2D eigenvalue weighted by atomic mass is 10.0. The van der Waals surface area contributed by atoms with Gasteiger partial charge >= 0.3 is 25.7 Å². The Labute approximate surface area is 399 Å². The van der Waals surface area contributed by atoms with Crippen molar-refractivity contribution in [2.45, 2.75) is 49.1 Å². The number of nitro benzene ring substituents is 6. The van der Waals surface area contributed by atoms with Crippen LogP contribution in [0.1, 0.15) is 49.1 Å². The van der Waals surface area contributed by atoms with Crippen LogP contribution in [0.3, 0.4) is 0 Å². The number of phosphoric acid groups is 1. The number of carbonyl (C=O) groups is 3. The predicted octanol–water partition coefficient (Wildman–Crippen LogP) is 8.13. The number of nitrogens with zero attached hydrogens (tertiary/aromatic N) is 6. The van der Waals surface area contributed by atoms with Gasteiger partial charge in [0.2, 0.25) is 0 Å². The summed E-state index contributed by atoms with van der Waals surface area (Å²) in [4.78, 5) is 107. The fourth-order valence-corrected chi connectivity index (χ4v) is 9.45. The third-order valence-corrected chi connectivity index (χ3v) is 12.8. The van der Waals surface area contributed by atoms with Crippen molar-refractivity contribution in [2.24, 2.45) is 0 Å². The zero-order valence-corrected chi connectivity index (χ0v) is 37.5. The molecule has 0 amide bonds. The van der Waals surface area contributed by atoms with E-state index in [2.05, 4.69) is 0 Å². The van der Waals surface area contributed by atoms with Crippen LogP contribution in [0, 0.1) is 60.7 Å². The van der Waals surface area contributed by atoms with E-state index >= 15 is 0 Å². The standard InChI is InChI=1S/C41H31N6O22PS/c1-23-35(66-38(48)29-15-12-26(42(51)52)18-32(29)45(57)58)36(67-39(49)30-16-13-27(43(53)54)19-33(30)46(59)60)37(68-40(50)31-17-14-28(44(55)56)20-34(31)47(61)62)41(71-23)69-70(63,64-21-24-8-4-2-5-9-24)65-22-25-10-6-3-7-11-25/h2-20,23,35-37,41H,21-22H2,1H3/t23-,35+,36+,37-,41-/m0/s1. The van der Waals surface area contributed by atoms with Crippen molar-refractivity contribution in [3.05, 3.63) is 204 Å². The number of hydrogen-bond donors (Lipinski definition) is 0. The summed E-state index contributed by atoms with van der Waals surface area (Å²) in [5, 5.41) is 69.6. The smallest absolute Gasteiger partial charge is 0.453 e. The van der Waals surface area contributed by atoms with E-state index in [1.54, 1.807) is 60.7 Å². The molecule has 1 aliphatic rings. The average Bonchev–Trinajstić information content (AvgIpc) is 3.34. The lowest BCUT2D eigenvalue weighted by Crippen LogP contribution is -2.57. The number of phosphoric ester groups is 1. The third kappa shape index (κ3) is 12.5. The molecule has 0 aliphatic carbocycles. The predicted molar refractivity (Wildman–Crippen MR) is 239 cm³/mol. The maximum absolute atomic E-state index is 14.9. The highest BCUT2D eigenvalue weighted by Gasteiger charge is 2.54. The Morgan fingerprint density at radius 1 is 0.493 bits per heavy atom. The largest absolute Gasteiger partial charge is 0.476 e. The zero-order valence-electron chi connectivity index (χ0n) is 35.8. The van der Waals surface area contributed by atoms with E-state index in [1.165, 1.54) is 6.92 Å². The summed E-state index contributed by atoms with van der Waals surface area (Å²) in [5.41, 5.74) is -10.2. The van der Waals surface area contributed by atoms with E-state index < -0.39 is 148 Å². The highest BCUT2D eigenvalue weighted by atomic mass is 32.2. The molecule has 0 saturated carbocycles. The molecule has 1 saturated heterocycles. The molecule has 5 atom stereocenters. The molecule has 71 heavy (non-hydrogen) atoms. The Bertz CT molecular complexity index is 2960. The molecule has 1 heterocycles. The van der Waals surface area contributed by atoms with Gasteiger partial charge in [-0.05, 0) is 36.2 Å². The fourth-order valence-electron chi connectivity index (χ4n) is 6.59. The van der Waals surface area contributed by atoms with Crippen molar-refractivity contribution in [1.82, 2.24) is 0 Å². The zero-order chi connectivity index (χ0) is 51.7. The summed E-state index contributed by atoms with van der Waals surface area (Å²) in [6.07, 6.45) is -6.86. The highest BCUT2D eigenvalue weighted by Crippen LogP contribution is 2.56. The number of hydrogen-bond acceptors (Lipinski definition) is 23. The minimum Gasteiger partial charge on any atom is -0.453 e. The van der Waals surface area contributed by atoms with Gasteiger partial charge in [0, 0.05) is 23.4 Å². The molecular formula is C41H31N6O22PS. The molecule has 30 heteroatoms. The lowest BCUT2D eigenvalue weighted by Gasteiger charge is -2.43. The van der Waals surface area contributed by atoms with Gasteiger partial charge in [-0.2, -0.15) is 0 Å². The van der Waals surface area contributed by atoms with Crippen LogP contribution in [0.5, 0.6) is 0 Å². The number of nitro groups is 6. The maximum Gasteiger partial charge on any atom is 0.476 e. The molecule has 368 valence electrons. The van der Waals surface area contributed by atoms with Gasteiger partial charge in [0.05, 0.1) is 61.0 Å².